The van der Waals surface area contributed by atoms with Crippen molar-refractivity contribution in [2.75, 3.05) is 13.2 Å². The fraction of sp³-hybridized carbons (Fsp3) is 0.368. The number of nitrogens with zero attached hydrogens (tertiary/aromatic N) is 1. The highest BCUT2D eigenvalue weighted by Gasteiger charge is 2.30. The Morgan fingerprint density at radius 2 is 2.00 bits per heavy atom. The van der Waals surface area contributed by atoms with E-state index in [1.165, 1.54) is 24.3 Å². The second-order valence-corrected chi connectivity index (χ2v) is 6.35. The van der Waals surface area contributed by atoms with E-state index in [9.17, 15) is 14.3 Å². The maximum absolute atomic E-state index is 12.9. The molecule has 0 fully saturated rings. The number of aliphatic hydroxyl groups is 1. The first-order valence-electron chi connectivity index (χ1n) is 8.14. The van der Waals surface area contributed by atoms with Gasteiger partial charge in [-0.2, -0.15) is 0 Å². The van der Waals surface area contributed by atoms with Crippen molar-refractivity contribution in [1.29, 1.82) is 0 Å². The molecule has 0 aliphatic heterocycles. The van der Waals surface area contributed by atoms with E-state index in [4.69, 9.17) is 4.74 Å². The lowest BCUT2D eigenvalue weighted by Crippen LogP contribution is -2.48. The van der Waals surface area contributed by atoms with Gasteiger partial charge in [-0.3, -0.25) is 9.78 Å². The summed E-state index contributed by atoms with van der Waals surface area (Å²) in [7, 11) is 0. The van der Waals surface area contributed by atoms with Gasteiger partial charge in [0.2, 0.25) is 0 Å². The molecule has 0 bridgehead atoms. The monoisotopic (exact) mass is 346 g/mol. The Bertz CT molecular complexity index is 675. The van der Waals surface area contributed by atoms with Gasteiger partial charge < -0.3 is 15.2 Å². The molecule has 1 atom stereocenters. The minimum atomic E-state index is -1.12. The first-order valence-corrected chi connectivity index (χ1v) is 8.14. The highest BCUT2D eigenvalue weighted by molar-refractivity contribution is 5.84. The predicted octanol–water partition coefficient (Wildman–Crippen LogP) is 2.35. The van der Waals surface area contributed by atoms with Crippen LogP contribution in [-0.4, -0.2) is 34.8 Å². The number of nitrogens with one attached hydrogen (secondary N) is 1. The minimum absolute atomic E-state index is 0.0594. The van der Waals surface area contributed by atoms with Crippen LogP contribution in [0, 0.1) is 11.7 Å². The molecule has 1 amide bonds. The summed E-state index contributed by atoms with van der Waals surface area (Å²) < 4.78 is 18.6. The molecule has 6 heteroatoms. The van der Waals surface area contributed by atoms with E-state index >= 15 is 0 Å². The number of halogens is 1. The number of hydrogen-bond donors (Lipinski definition) is 2. The minimum Gasteiger partial charge on any atom is -0.478 e. The smallest absolute Gasteiger partial charge is 0.263 e. The molecule has 0 aliphatic rings. The third-order valence-corrected chi connectivity index (χ3v) is 3.77. The predicted molar refractivity (Wildman–Crippen MR) is 92.6 cm³/mol. The molecule has 0 aliphatic carbocycles. The summed E-state index contributed by atoms with van der Waals surface area (Å²) in [6, 6.07) is 11.1. The summed E-state index contributed by atoms with van der Waals surface area (Å²) in [5, 5.41) is 12.3. The van der Waals surface area contributed by atoms with E-state index in [0.717, 1.165) is 5.69 Å². The zero-order chi connectivity index (χ0) is 18.3. The van der Waals surface area contributed by atoms with Gasteiger partial charge in [-0.05, 0) is 56.7 Å². The average molecular weight is 346 g/mol. The van der Waals surface area contributed by atoms with Gasteiger partial charge in [-0.15, -0.1) is 0 Å². The number of pyridine rings is 1. The van der Waals surface area contributed by atoms with Gasteiger partial charge in [0.1, 0.15) is 11.6 Å². The highest BCUT2D eigenvalue weighted by atomic mass is 19.1. The maximum Gasteiger partial charge on any atom is 0.263 e. The Hall–Kier alpha value is -2.47. The quantitative estimate of drug-likeness (QED) is 0.770. The fourth-order valence-corrected chi connectivity index (χ4v) is 2.31. The van der Waals surface area contributed by atoms with E-state index in [1.807, 2.05) is 18.2 Å². The zero-order valence-corrected chi connectivity index (χ0v) is 14.4. The van der Waals surface area contributed by atoms with Gasteiger partial charge in [-0.25, -0.2) is 4.39 Å². The van der Waals surface area contributed by atoms with Crippen LogP contribution < -0.4 is 10.1 Å². The topological polar surface area (TPSA) is 71.5 Å². The number of aliphatic hydroxyl groups excluding tert-OH is 1. The molecule has 5 nitrogen and oxygen atoms in total. The van der Waals surface area contributed by atoms with Crippen LogP contribution in [0.5, 0.6) is 5.75 Å². The van der Waals surface area contributed by atoms with Gasteiger partial charge >= 0.3 is 0 Å². The number of hydrogen-bond acceptors (Lipinski definition) is 4. The third-order valence-electron chi connectivity index (χ3n) is 3.77. The second kappa shape index (κ2) is 8.58. The molecule has 0 spiro atoms. The van der Waals surface area contributed by atoms with Crippen LogP contribution in [0.2, 0.25) is 0 Å². The molecule has 0 saturated heterocycles. The van der Waals surface area contributed by atoms with Crippen molar-refractivity contribution in [2.24, 2.45) is 5.92 Å². The summed E-state index contributed by atoms with van der Waals surface area (Å²) in [5.41, 5.74) is -0.263. The molecule has 134 valence electrons. The van der Waals surface area contributed by atoms with Crippen LogP contribution in [0.4, 0.5) is 4.39 Å². The molecular formula is C19H23FN2O3. The number of aromatic nitrogens is 1. The van der Waals surface area contributed by atoms with Crippen LogP contribution >= 0.6 is 0 Å². The molecular weight excluding hydrogens is 323 g/mol. The van der Waals surface area contributed by atoms with Crippen molar-refractivity contribution in [3.05, 3.63) is 60.2 Å². The van der Waals surface area contributed by atoms with Gasteiger partial charge in [0.15, 0.2) is 5.60 Å². The Morgan fingerprint density at radius 3 is 2.60 bits per heavy atom. The highest BCUT2D eigenvalue weighted by Crippen LogP contribution is 2.19. The van der Waals surface area contributed by atoms with Crippen molar-refractivity contribution in [2.45, 2.75) is 25.9 Å². The average Bonchev–Trinajstić information content (AvgIpc) is 2.61. The van der Waals surface area contributed by atoms with Crippen molar-refractivity contribution in [3.8, 4) is 5.75 Å². The summed E-state index contributed by atoms with van der Waals surface area (Å²) in [5.74, 6) is -0.402. The molecule has 1 unspecified atom stereocenters. The largest absolute Gasteiger partial charge is 0.478 e. The standard InChI is InChI=1S/C19H23FN2O3/c1-19(2,25-17-8-6-15(20)7-9-17)18(24)22-12-14(13-23)11-16-5-3-4-10-21-16/h3-10,14,23H,11-13H2,1-2H3,(H,22,24). The molecule has 1 aromatic carbocycles. The summed E-state index contributed by atoms with van der Waals surface area (Å²) in [4.78, 5) is 16.6. The van der Waals surface area contributed by atoms with Crippen LogP contribution in [0.15, 0.2) is 48.7 Å². The van der Waals surface area contributed by atoms with Gasteiger partial charge in [0.25, 0.3) is 5.91 Å². The molecule has 1 heterocycles. The summed E-state index contributed by atoms with van der Waals surface area (Å²) in [6.07, 6.45) is 2.26. The molecule has 2 aromatic rings. The molecule has 1 aromatic heterocycles. The van der Waals surface area contributed by atoms with E-state index in [-0.39, 0.29) is 24.2 Å². The number of ether oxygens (including phenoxy) is 1. The van der Waals surface area contributed by atoms with Gasteiger partial charge in [-0.1, -0.05) is 6.07 Å². The normalized spacial score (nSPS) is 12.5. The Morgan fingerprint density at radius 1 is 1.28 bits per heavy atom. The van der Waals surface area contributed by atoms with Crippen molar-refractivity contribution < 1.29 is 19.0 Å². The Kier molecular flexibility index (Phi) is 6.47. The third kappa shape index (κ3) is 5.83. The summed E-state index contributed by atoms with van der Waals surface area (Å²) >= 11 is 0. The lowest BCUT2D eigenvalue weighted by molar-refractivity contribution is -0.134. The number of amides is 1. The van der Waals surface area contributed by atoms with Crippen molar-refractivity contribution in [3.63, 3.8) is 0 Å². The summed E-state index contributed by atoms with van der Waals surface area (Å²) in [6.45, 7) is 3.52. The molecule has 0 radical (unpaired) electrons. The van der Waals surface area contributed by atoms with Gasteiger partial charge in [0.05, 0.1) is 0 Å². The number of rotatable bonds is 8. The van der Waals surface area contributed by atoms with Crippen LogP contribution in [0.1, 0.15) is 19.5 Å². The molecule has 0 saturated carbocycles. The Balaban J connectivity index is 1.89. The fourth-order valence-electron chi connectivity index (χ4n) is 2.31. The number of carbonyl (C=O) groups is 1. The first kappa shape index (κ1) is 18.9. The Labute approximate surface area is 146 Å². The maximum atomic E-state index is 12.9. The van der Waals surface area contributed by atoms with E-state index in [1.54, 1.807) is 20.0 Å². The number of benzene rings is 1. The van der Waals surface area contributed by atoms with E-state index < -0.39 is 5.60 Å². The van der Waals surface area contributed by atoms with Crippen LogP contribution in [0.25, 0.3) is 0 Å². The second-order valence-electron chi connectivity index (χ2n) is 6.35. The molecule has 25 heavy (non-hydrogen) atoms. The van der Waals surface area contributed by atoms with E-state index in [0.29, 0.717) is 18.7 Å². The van der Waals surface area contributed by atoms with Gasteiger partial charge in [0, 0.05) is 31.0 Å². The lowest BCUT2D eigenvalue weighted by atomic mass is 10.0. The van der Waals surface area contributed by atoms with Crippen molar-refractivity contribution >= 4 is 5.91 Å². The van der Waals surface area contributed by atoms with Crippen LogP contribution in [-0.2, 0) is 11.2 Å². The lowest BCUT2D eigenvalue weighted by Gasteiger charge is -2.26. The molecule has 2 rings (SSSR count). The SMILES string of the molecule is CC(C)(Oc1ccc(F)cc1)C(=O)NCC(CO)Cc1ccccn1. The first-order chi connectivity index (χ1) is 11.9. The van der Waals surface area contributed by atoms with E-state index in [2.05, 4.69) is 10.3 Å². The number of carbonyl (C=O) groups excluding carboxylic acids is 1. The zero-order valence-electron chi connectivity index (χ0n) is 14.4. The van der Waals surface area contributed by atoms with Crippen LogP contribution in [0.3, 0.4) is 0 Å². The van der Waals surface area contributed by atoms with Crippen molar-refractivity contribution in [1.82, 2.24) is 10.3 Å². The molecule has 2 N–H and O–H groups in total.